The Hall–Kier alpha value is -6.01. The zero-order chi connectivity index (χ0) is 32.3. The Morgan fingerprint density at radius 3 is 2.64 bits per heavy atom. The number of carbonyl (C=O) groups is 1. The number of pyridine rings is 3. The highest BCUT2D eigenvalue weighted by Gasteiger charge is 2.18. The fraction of sp³-hybridized carbons (Fsp3) is 0.143. The number of halogens is 1. The number of aromatic amines is 2. The van der Waals surface area contributed by atoms with E-state index in [1.807, 2.05) is 68.7 Å². The minimum atomic E-state index is -0.341. The maximum absolute atomic E-state index is 14.7. The molecule has 12 heteroatoms. The van der Waals surface area contributed by atoms with E-state index in [1.54, 1.807) is 24.8 Å². The van der Waals surface area contributed by atoms with Crippen molar-refractivity contribution in [3.8, 4) is 33.9 Å². The minimum absolute atomic E-state index is 0.136. The fourth-order valence-corrected chi connectivity index (χ4v) is 5.42. The highest BCUT2D eigenvalue weighted by Crippen LogP contribution is 2.33. The summed E-state index contributed by atoms with van der Waals surface area (Å²) in [7, 11) is 3.99. The topological polar surface area (TPSA) is 140 Å². The first-order valence-electron chi connectivity index (χ1n) is 15.1. The van der Waals surface area contributed by atoms with Gasteiger partial charge in [0, 0.05) is 47.7 Å². The molecule has 7 aromatic rings. The van der Waals surface area contributed by atoms with E-state index in [-0.39, 0.29) is 18.1 Å². The zero-order valence-electron chi connectivity index (χ0n) is 25.8. The molecule has 5 aromatic heterocycles. The van der Waals surface area contributed by atoms with Crippen molar-refractivity contribution in [2.75, 3.05) is 37.8 Å². The zero-order valence-corrected chi connectivity index (χ0v) is 25.8. The summed E-state index contributed by atoms with van der Waals surface area (Å²) < 4.78 is 14.7. The Balaban J connectivity index is 1.18. The van der Waals surface area contributed by atoms with E-state index in [9.17, 15) is 9.18 Å². The van der Waals surface area contributed by atoms with E-state index in [2.05, 4.69) is 45.7 Å². The van der Waals surface area contributed by atoms with Gasteiger partial charge in [0.2, 0.25) is 5.91 Å². The van der Waals surface area contributed by atoms with Crippen molar-refractivity contribution in [1.29, 1.82) is 0 Å². The third kappa shape index (κ3) is 6.53. The van der Waals surface area contributed by atoms with E-state index in [4.69, 9.17) is 4.98 Å². The van der Waals surface area contributed by atoms with Crippen LogP contribution in [0.2, 0.25) is 0 Å². The largest absolute Gasteiger partial charge is 0.384 e. The van der Waals surface area contributed by atoms with Crippen LogP contribution in [0.25, 0.3) is 56.0 Å². The van der Waals surface area contributed by atoms with Gasteiger partial charge in [-0.05, 0) is 61.6 Å². The molecular formula is C35H31FN10O. The molecule has 0 aliphatic rings. The van der Waals surface area contributed by atoms with Crippen LogP contribution in [0.15, 0.2) is 91.5 Å². The quantitative estimate of drug-likeness (QED) is 0.147. The second-order valence-corrected chi connectivity index (χ2v) is 11.5. The number of likely N-dealkylation sites (N-methyl/N-ethyl adjacent to an activating group) is 1. The molecule has 0 bridgehead atoms. The number of imidazole rings is 1. The molecular weight excluding hydrogens is 595 g/mol. The summed E-state index contributed by atoms with van der Waals surface area (Å²) in [5.74, 6) is 0.0277. The second kappa shape index (κ2) is 12.8. The number of nitrogens with zero attached hydrogens (tertiary/aromatic N) is 6. The van der Waals surface area contributed by atoms with E-state index in [0.717, 1.165) is 34.1 Å². The number of aromatic nitrogens is 7. The van der Waals surface area contributed by atoms with Crippen LogP contribution in [0.4, 0.5) is 15.8 Å². The van der Waals surface area contributed by atoms with Crippen molar-refractivity contribution < 1.29 is 9.18 Å². The number of rotatable bonds is 10. The minimum Gasteiger partial charge on any atom is -0.384 e. The predicted molar refractivity (Wildman–Crippen MR) is 181 cm³/mol. The monoisotopic (exact) mass is 626 g/mol. The first kappa shape index (κ1) is 29.7. The molecule has 0 aliphatic carbocycles. The van der Waals surface area contributed by atoms with Crippen LogP contribution in [-0.2, 0) is 11.2 Å². The van der Waals surface area contributed by atoms with Gasteiger partial charge in [0.15, 0.2) is 11.5 Å². The summed E-state index contributed by atoms with van der Waals surface area (Å²) in [6, 6.07) is 20.0. The van der Waals surface area contributed by atoms with Crippen molar-refractivity contribution in [1.82, 2.24) is 40.0 Å². The molecule has 2 aromatic carbocycles. The molecule has 0 aliphatic heterocycles. The number of nitrogens with one attached hydrogen (secondary N) is 4. The molecule has 47 heavy (non-hydrogen) atoms. The van der Waals surface area contributed by atoms with Gasteiger partial charge in [-0.1, -0.05) is 30.3 Å². The molecule has 234 valence electrons. The average Bonchev–Trinajstić information content (AvgIpc) is 3.69. The van der Waals surface area contributed by atoms with Crippen molar-refractivity contribution >= 4 is 39.3 Å². The van der Waals surface area contributed by atoms with Gasteiger partial charge in [-0.2, -0.15) is 5.10 Å². The maximum atomic E-state index is 14.7. The number of amides is 1. The van der Waals surface area contributed by atoms with E-state index in [0.29, 0.717) is 51.9 Å². The Kier molecular flexibility index (Phi) is 8.07. The lowest BCUT2D eigenvalue weighted by molar-refractivity contribution is -0.115. The summed E-state index contributed by atoms with van der Waals surface area (Å²) in [5.41, 5.74) is 7.48. The maximum Gasteiger partial charge on any atom is 0.228 e. The second-order valence-electron chi connectivity index (χ2n) is 11.5. The predicted octanol–water partition coefficient (Wildman–Crippen LogP) is 5.92. The first-order valence-corrected chi connectivity index (χ1v) is 15.1. The Labute approximate surface area is 269 Å². The lowest BCUT2D eigenvalue weighted by Gasteiger charge is -2.13. The SMILES string of the molecule is CN(C)CCNc1cc(F)cc(-c2ccnc3nc(-c4n[nH]c5cnc(-c6cncc(NC(=O)Cc7ccccc7)c6)cc45)[nH]c23)c1. The summed E-state index contributed by atoms with van der Waals surface area (Å²) in [6.45, 7) is 1.50. The third-order valence-corrected chi connectivity index (χ3v) is 7.69. The highest BCUT2D eigenvalue weighted by atomic mass is 19.1. The van der Waals surface area contributed by atoms with Crippen molar-refractivity contribution in [3.05, 3.63) is 103 Å². The summed E-state index contributed by atoms with van der Waals surface area (Å²) in [4.78, 5) is 36.2. The lowest BCUT2D eigenvalue weighted by atomic mass is 10.0. The number of H-pyrrole nitrogens is 2. The van der Waals surface area contributed by atoms with Gasteiger partial charge < -0.3 is 20.5 Å². The number of fused-ring (bicyclic) bond motifs is 2. The number of anilines is 2. The Morgan fingerprint density at radius 2 is 1.79 bits per heavy atom. The molecule has 7 rings (SSSR count). The molecule has 0 radical (unpaired) electrons. The fourth-order valence-electron chi connectivity index (χ4n) is 5.42. The Morgan fingerprint density at radius 1 is 0.936 bits per heavy atom. The van der Waals surface area contributed by atoms with Crippen LogP contribution < -0.4 is 10.6 Å². The molecule has 1 amide bonds. The summed E-state index contributed by atoms with van der Waals surface area (Å²) in [5, 5.41) is 14.6. The molecule has 11 nitrogen and oxygen atoms in total. The summed E-state index contributed by atoms with van der Waals surface area (Å²) in [6.07, 6.45) is 6.92. The number of carbonyl (C=O) groups excluding carboxylic acids is 1. The number of hydrogen-bond acceptors (Lipinski definition) is 8. The molecule has 0 fully saturated rings. The van der Waals surface area contributed by atoms with Crippen LogP contribution in [0.1, 0.15) is 5.56 Å². The van der Waals surface area contributed by atoms with Crippen LogP contribution in [0.5, 0.6) is 0 Å². The van der Waals surface area contributed by atoms with E-state index >= 15 is 0 Å². The van der Waals surface area contributed by atoms with E-state index in [1.165, 1.54) is 12.1 Å². The van der Waals surface area contributed by atoms with Gasteiger partial charge >= 0.3 is 0 Å². The van der Waals surface area contributed by atoms with Crippen molar-refractivity contribution in [3.63, 3.8) is 0 Å². The normalized spacial score (nSPS) is 11.4. The molecule has 0 saturated heterocycles. The van der Waals surface area contributed by atoms with Gasteiger partial charge in [-0.3, -0.25) is 19.9 Å². The lowest BCUT2D eigenvalue weighted by Crippen LogP contribution is -2.20. The molecule has 0 spiro atoms. The van der Waals surface area contributed by atoms with E-state index < -0.39 is 0 Å². The molecule has 4 N–H and O–H groups in total. The highest BCUT2D eigenvalue weighted by molar-refractivity contribution is 5.97. The first-order chi connectivity index (χ1) is 22.9. The van der Waals surface area contributed by atoms with Gasteiger partial charge in [-0.15, -0.1) is 0 Å². The van der Waals surface area contributed by atoms with Gasteiger partial charge in [0.1, 0.15) is 11.5 Å². The average molecular weight is 627 g/mol. The number of hydrogen-bond donors (Lipinski definition) is 4. The van der Waals surface area contributed by atoms with Gasteiger partial charge in [-0.25, -0.2) is 14.4 Å². The summed E-state index contributed by atoms with van der Waals surface area (Å²) >= 11 is 0. The molecule has 0 atom stereocenters. The number of benzene rings is 2. The smallest absolute Gasteiger partial charge is 0.228 e. The Bertz CT molecular complexity index is 2210. The standard InChI is InChI=1S/C35H31FN10O/c1-46(2)11-10-38-25-14-22(13-24(36)16-25)27-8-9-39-34-32(27)42-35(43-34)33-28-17-29(40-20-30(28)44-45-33)23-15-26(19-37-18-23)41-31(47)12-21-6-4-3-5-7-21/h3-9,13-20,38H,10-12H2,1-2H3,(H,41,47)(H,44,45)(H,39,42,43). The van der Waals surface area contributed by atoms with Crippen LogP contribution in [0.3, 0.4) is 0 Å². The van der Waals surface area contributed by atoms with Crippen LogP contribution in [-0.4, -0.2) is 73.1 Å². The molecule has 0 saturated carbocycles. The van der Waals surface area contributed by atoms with Gasteiger partial charge in [0.05, 0.1) is 41.2 Å². The van der Waals surface area contributed by atoms with Crippen molar-refractivity contribution in [2.24, 2.45) is 0 Å². The van der Waals surface area contributed by atoms with Crippen molar-refractivity contribution in [2.45, 2.75) is 6.42 Å². The van der Waals surface area contributed by atoms with Crippen LogP contribution >= 0.6 is 0 Å². The molecule has 5 heterocycles. The van der Waals surface area contributed by atoms with Gasteiger partial charge in [0.25, 0.3) is 0 Å². The van der Waals surface area contributed by atoms with Crippen LogP contribution in [0, 0.1) is 5.82 Å². The third-order valence-electron chi connectivity index (χ3n) is 7.69. The molecule has 0 unspecified atom stereocenters.